The van der Waals surface area contributed by atoms with Gasteiger partial charge in [-0.15, -0.1) is 0 Å². The number of amides is 1. The molecule has 0 saturated carbocycles. The van der Waals surface area contributed by atoms with Crippen molar-refractivity contribution in [2.45, 2.75) is 50.9 Å². The molecule has 1 aliphatic heterocycles. The predicted molar refractivity (Wildman–Crippen MR) is 107 cm³/mol. The van der Waals surface area contributed by atoms with E-state index in [1.807, 2.05) is 0 Å². The number of carbonyl (C=O) groups is 5. The van der Waals surface area contributed by atoms with Crippen molar-refractivity contribution < 1.29 is 48.8 Å². The van der Waals surface area contributed by atoms with E-state index in [-0.39, 0.29) is 25.2 Å². The van der Waals surface area contributed by atoms with Gasteiger partial charge in [-0.05, 0) is 37.5 Å². The van der Waals surface area contributed by atoms with Crippen molar-refractivity contribution in [3.63, 3.8) is 0 Å². The molecule has 11 heteroatoms. The van der Waals surface area contributed by atoms with Crippen LogP contribution >= 0.6 is 0 Å². The SMILES string of the molecule is CCOC(=O)C1O[C@@H]1C(=O)N[C@@H](CCC(=O)O)C(=O)C[C@@H](Cc1ccc(O)cc1)C(=O)O. The highest BCUT2D eigenvalue weighted by molar-refractivity contribution is 5.96. The van der Waals surface area contributed by atoms with Crippen LogP contribution in [0.3, 0.4) is 0 Å². The van der Waals surface area contributed by atoms with E-state index >= 15 is 0 Å². The number of carboxylic acids is 2. The van der Waals surface area contributed by atoms with Crippen molar-refractivity contribution >= 4 is 29.6 Å². The third-order valence-corrected chi connectivity index (χ3v) is 4.84. The van der Waals surface area contributed by atoms with Crippen LogP contribution < -0.4 is 5.32 Å². The van der Waals surface area contributed by atoms with E-state index in [2.05, 4.69) is 5.32 Å². The van der Waals surface area contributed by atoms with E-state index in [1.54, 1.807) is 6.92 Å². The van der Waals surface area contributed by atoms with E-state index in [9.17, 15) is 34.2 Å². The number of carboxylic acid groups (broad SMARTS) is 2. The van der Waals surface area contributed by atoms with Gasteiger partial charge in [0.1, 0.15) is 5.75 Å². The van der Waals surface area contributed by atoms with Crippen molar-refractivity contribution in [2.75, 3.05) is 6.61 Å². The average molecular weight is 451 g/mol. The standard InChI is InChI=1S/C21H25NO10/c1-2-31-21(30)18-17(32-18)19(27)22-14(7-8-16(25)26)15(24)10-12(20(28)29)9-11-3-5-13(23)6-4-11/h3-6,12,14,17-18,23H,2,7-10H2,1H3,(H,22,27)(H,25,26)(H,28,29)/t12-,14+,17+,18?/m1/s1. The lowest BCUT2D eigenvalue weighted by Gasteiger charge is -2.19. The zero-order valence-electron chi connectivity index (χ0n) is 17.4. The van der Waals surface area contributed by atoms with Crippen LogP contribution in [-0.2, 0) is 39.9 Å². The molecule has 0 aromatic heterocycles. The number of rotatable bonds is 13. The molecule has 174 valence electrons. The molecule has 32 heavy (non-hydrogen) atoms. The second kappa shape index (κ2) is 11.2. The fourth-order valence-corrected chi connectivity index (χ4v) is 3.10. The maximum absolute atomic E-state index is 12.8. The van der Waals surface area contributed by atoms with E-state index in [1.165, 1.54) is 24.3 Å². The summed E-state index contributed by atoms with van der Waals surface area (Å²) in [4.78, 5) is 59.3. The third-order valence-electron chi connectivity index (χ3n) is 4.84. The lowest BCUT2D eigenvalue weighted by molar-refractivity contribution is -0.145. The van der Waals surface area contributed by atoms with Crippen molar-refractivity contribution in [3.8, 4) is 5.75 Å². The first-order valence-corrected chi connectivity index (χ1v) is 10.00. The lowest BCUT2D eigenvalue weighted by Crippen LogP contribution is -2.45. The summed E-state index contributed by atoms with van der Waals surface area (Å²) in [6, 6.07) is 4.58. The summed E-state index contributed by atoms with van der Waals surface area (Å²) >= 11 is 0. The third kappa shape index (κ3) is 7.34. The molecule has 1 aromatic rings. The Labute approximate surface area is 183 Å². The van der Waals surface area contributed by atoms with Crippen LogP contribution in [0.5, 0.6) is 5.75 Å². The number of ether oxygens (including phenoxy) is 2. The van der Waals surface area contributed by atoms with Gasteiger partial charge in [-0.2, -0.15) is 0 Å². The molecule has 0 aliphatic carbocycles. The maximum atomic E-state index is 12.8. The fraction of sp³-hybridized carbons (Fsp3) is 0.476. The molecule has 4 atom stereocenters. The molecule has 0 bridgehead atoms. The number of aromatic hydroxyl groups is 1. The molecule has 0 spiro atoms. The number of ketones is 1. The smallest absolute Gasteiger partial charge is 0.338 e. The molecule has 1 unspecified atom stereocenters. The number of carbonyl (C=O) groups excluding carboxylic acids is 3. The summed E-state index contributed by atoms with van der Waals surface area (Å²) in [5.74, 6) is -5.69. The van der Waals surface area contributed by atoms with Gasteiger partial charge < -0.3 is 30.1 Å². The van der Waals surface area contributed by atoms with Gasteiger partial charge in [-0.25, -0.2) is 4.79 Å². The molecule has 0 radical (unpaired) electrons. The number of hydrogen-bond acceptors (Lipinski definition) is 8. The Morgan fingerprint density at radius 3 is 2.31 bits per heavy atom. The lowest BCUT2D eigenvalue weighted by atomic mass is 9.91. The minimum Gasteiger partial charge on any atom is -0.508 e. The maximum Gasteiger partial charge on any atom is 0.338 e. The number of Topliss-reactive ketones (excluding diaryl/α,β-unsaturated/α-hetero) is 1. The number of esters is 1. The Balaban J connectivity index is 2.04. The van der Waals surface area contributed by atoms with E-state index in [4.69, 9.17) is 14.6 Å². The van der Waals surface area contributed by atoms with Crippen LogP contribution in [0.4, 0.5) is 0 Å². The van der Waals surface area contributed by atoms with Crippen LogP contribution in [0.15, 0.2) is 24.3 Å². The quantitative estimate of drug-likeness (QED) is 0.240. The van der Waals surface area contributed by atoms with Gasteiger partial charge in [0, 0.05) is 12.8 Å². The van der Waals surface area contributed by atoms with E-state index < -0.39 is 66.6 Å². The molecule has 4 N–H and O–H groups in total. The van der Waals surface area contributed by atoms with Crippen LogP contribution in [0.25, 0.3) is 0 Å². The summed E-state index contributed by atoms with van der Waals surface area (Å²) in [5, 5.41) is 30.2. The van der Waals surface area contributed by atoms with Crippen molar-refractivity contribution in [2.24, 2.45) is 5.92 Å². The molecular formula is C21H25NO10. The molecule has 1 saturated heterocycles. The topological polar surface area (TPSA) is 180 Å². The molecule has 1 aliphatic rings. The molecule has 1 heterocycles. The number of aliphatic carboxylic acids is 2. The molecule has 11 nitrogen and oxygen atoms in total. The van der Waals surface area contributed by atoms with Gasteiger partial charge >= 0.3 is 17.9 Å². The minimum atomic E-state index is -1.26. The van der Waals surface area contributed by atoms with Gasteiger partial charge in [0.15, 0.2) is 18.0 Å². The number of phenolic OH excluding ortho intramolecular Hbond substituents is 1. The second-order valence-corrected chi connectivity index (χ2v) is 7.30. The fourth-order valence-electron chi connectivity index (χ4n) is 3.10. The molecule has 1 amide bonds. The zero-order chi connectivity index (χ0) is 23.8. The van der Waals surface area contributed by atoms with E-state index in [0.29, 0.717) is 5.56 Å². The van der Waals surface area contributed by atoms with Crippen LogP contribution in [0, 0.1) is 5.92 Å². The first-order chi connectivity index (χ1) is 15.1. The number of benzene rings is 1. The molecule has 1 fully saturated rings. The summed E-state index contributed by atoms with van der Waals surface area (Å²) < 4.78 is 9.73. The molecule has 2 rings (SSSR count). The Kier molecular flexibility index (Phi) is 8.71. The highest BCUT2D eigenvalue weighted by Crippen LogP contribution is 2.24. The second-order valence-electron chi connectivity index (χ2n) is 7.30. The Morgan fingerprint density at radius 1 is 1.09 bits per heavy atom. The number of epoxide rings is 1. The number of hydrogen-bond donors (Lipinski definition) is 4. The van der Waals surface area contributed by atoms with Crippen molar-refractivity contribution in [3.05, 3.63) is 29.8 Å². The monoisotopic (exact) mass is 451 g/mol. The van der Waals surface area contributed by atoms with Crippen molar-refractivity contribution in [1.29, 1.82) is 0 Å². The summed E-state index contributed by atoms with van der Waals surface area (Å²) in [7, 11) is 0. The van der Waals surface area contributed by atoms with Gasteiger partial charge in [-0.1, -0.05) is 12.1 Å². The first kappa shape index (κ1) is 24.8. The predicted octanol–water partition coefficient (Wildman–Crippen LogP) is 0.275. The normalized spacial score (nSPS) is 18.8. The van der Waals surface area contributed by atoms with Gasteiger partial charge in [0.25, 0.3) is 5.91 Å². The van der Waals surface area contributed by atoms with Crippen LogP contribution in [0.1, 0.15) is 31.7 Å². The minimum absolute atomic E-state index is 0.00236. The summed E-state index contributed by atoms with van der Waals surface area (Å²) in [5.41, 5.74) is 0.581. The average Bonchev–Trinajstić information content (AvgIpc) is 3.53. The Morgan fingerprint density at radius 2 is 1.75 bits per heavy atom. The number of nitrogens with one attached hydrogen (secondary N) is 1. The van der Waals surface area contributed by atoms with Gasteiger partial charge in [0.2, 0.25) is 0 Å². The number of phenols is 1. The Hall–Kier alpha value is -3.47. The van der Waals surface area contributed by atoms with Crippen LogP contribution in [-0.4, -0.2) is 69.8 Å². The largest absolute Gasteiger partial charge is 0.508 e. The van der Waals surface area contributed by atoms with E-state index in [0.717, 1.165) is 0 Å². The first-order valence-electron chi connectivity index (χ1n) is 10.00. The van der Waals surface area contributed by atoms with Crippen LogP contribution in [0.2, 0.25) is 0 Å². The molecule has 1 aromatic carbocycles. The highest BCUT2D eigenvalue weighted by Gasteiger charge is 2.52. The van der Waals surface area contributed by atoms with Gasteiger partial charge in [-0.3, -0.25) is 19.2 Å². The Bertz CT molecular complexity index is 866. The summed E-state index contributed by atoms with van der Waals surface area (Å²) in [6.07, 6.45) is -3.37. The molecular weight excluding hydrogens is 426 g/mol. The van der Waals surface area contributed by atoms with Gasteiger partial charge in [0.05, 0.1) is 18.6 Å². The summed E-state index contributed by atoms with van der Waals surface area (Å²) in [6.45, 7) is 1.69. The zero-order valence-corrected chi connectivity index (χ0v) is 17.4. The van der Waals surface area contributed by atoms with Crippen molar-refractivity contribution in [1.82, 2.24) is 5.32 Å². The highest BCUT2D eigenvalue weighted by atomic mass is 16.6.